The number of nitrogens with zero attached hydrogens (tertiary/aromatic N) is 4. The van der Waals surface area contributed by atoms with Gasteiger partial charge in [0.15, 0.2) is 11.2 Å². The Morgan fingerprint density at radius 2 is 0.912 bits per heavy atom. The lowest BCUT2D eigenvalue weighted by Gasteiger charge is -2.26. The van der Waals surface area contributed by atoms with Crippen LogP contribution in [0.3, 0.4) is 0 Å². The molecule has 0 N–H and O–H groups in total. The highest BCUT2D eigenvalue weighted by Gasteiger charge is 2.17. The summed E-state index contributed by atoms with van der Waals surface area (Å²) in [6.45, 7) is 0. The highest BCUT2D eigenvalue weighted by atomic mass is 16.4. The SMILES string of the molecule is N#Cc1ccc2c(ccc3ccc(-c4ccc5cc(N(c6ccc(-c7nc8ccccc8o7)cc6)c6ccc(-c7nc8ccccc8o7)cc6)ccc5c4)cc32)c1. The molecular weight excluding hydrogens is 701 g/mol. The van der Waals surface area contributed by atoms with Gasteiger partial charge >= 0.3 is 0 Å². The molecular formula is C51H30N4O2. The number of aromatic nitrogens is 2. The van der Waals surface area contributed by atoms with E-state index in [0.29, 0.717) is 17.3 Å². The zero-order valence-corrected chi connectivity index (χ0v) is 30.4. The highest BCUT2D eigenvalue weighted by Crippen LogP contribution is 2.39. The van der Waals surface area contributed by atoms with Gasteiger partial charge in [-0.05, 0) is 153 Å². The zero-order valence-electron chi connectivity index (χ0n) is 30.4. The summed E-state index contributed by atoms with van der Waals surface area (Å²) in [7, 11) is 0. The average molecular weight is 731 g/mol. The van der Waals surface area contributed by atoms with Crippen LogP contribution in [-0.2, 0) is 0 Å². The number of para-hydroxylation sites is 4. The molecule has 0 aliphatic carbocycles. The van der Waals surface area contributed by atoms with Gasteiger partial charge in [0.2, 0.25) is 11.8 Å². The highest BCUT2D eigenvalue weighted by molar-refractivity contribution is 6.09. The Hall–Kier alpha value is -8.01. The topological polar surface area (TPSA) is 79.1 Å². The molecule has 0 unspecified atom stereocenters. The Morgan fingerprint density at radius 1 is 0.404 bits per heavy atom. The van der Waals surface area contributed by atoms with Crippen molar-refractivity contribution < 1.29 is 8.83 Å². The first-order valence-corrected chi connectivity index (χ1v) is 18.8. The second kappa shape index (κ2) is 13.1. The van der Waals surface area contributed by atoms with Crippen LogP contribution in [0.2, 0.25) is 0 Å². The summed E-state index contributed by atoms with van der Waals surface area (Å²) in [5.74, 6) is 1.18. The molecule has 0 amide bonds. The van der Waals surface area contributed by atoms with Gasteiger partial charge in [0.1, 0.15) is 11.0 Å². The van der Waals surface area contributed by atoms with Gasteiger partial charge in [-0.25, -0.2) is 9.97 Å². The van der Waals surface area contributed by atoms with Gasteiger partial charge in [0.25, 0.3) is 0 Å². The molecule has 0 radical (unpaired) electrons. The maximum Gasteiger partial charge on any atom is 0.227 e. The van der Waals surface area contributed by atoms with Crippen molar-refractivity contribution in [1.29, 1.82) is 5.26 Å². The Labute approximate surface area is 327 Å². The smallest absolute Gasteiger partial charge is 0.227 e. The Kier molecular flexibility index (Phi) is 7.44. The minimum absolute atomic E-state index is 0.589. The normalized spacial score (nSPS) is 11.5. The number of rotatable bonds is 6. The number of nitriles is 1. The van der Waals surface area contributed by atoms with Crippen LogP contribution < -0.4 is 4.90 Å². The van der Waals surface area contributed by atoms with Crippen molar-refractivity contribution in [1.82, 2.24) is 9.97 Å². The van der Waals surface area contributed by atoms with Crippen LogP contribution in [0, 0.1) is 11.3 Å². The quantitative estimate of drug-likeness (QED) is 0.159. The zero-order chi connectivity index (χ0) is 37.9. The van der Waals surface area contributed by atoms with Crippen molar-refractivity contribution in [3.05, 3.63) is 188 Å². The number of anilines is 3. The van der Waals surface area contributed by atoms with Gasteiger partial charge in [0, 0.05) is 28.2 Å². The van der Waals surface area contributed by atoms with Crippen LogP contribution in [0.4, 0.5) is 17.1 Å². The Bertz CT molecular complexity index is 3190. The molecule has 0 aliphatic rings. The van der Waals surface area contributed by atoms with Crippen LogP contribution in [-0.4, -0.2) is 9.97 Å². The van der Waals surface area contributed by atoms with E-state index in [0.717, 1.165) is 83.1 Å². The van der Waals surface area contributed by atoms with Gasteiger partial charge < -0.3 is 13.7 Å². The number of oxazole rings is 2. The molecule has 0 saturated heterocycles. The van der Waals surface area contributed by atoms with Crippen LogP contribution in [0.15, 0.2) is 191 Å². The fraction of sp³-hybridized carbons (Fsp3) is 0. The van der Waals surface area contributed by atoms with Gasteiger partial charge in [-0.3, -0.25) is 0 Å². The second-order valence-electron chi connectivity index (χ2n) is 14.2. The maximum absolute atomic E-state index is 9.43. The molecule has 0 bridgehead atoms. The summed E-state index contributed by atoms with van der Waals surface area (Å²) in [5.41, 5.74) is 11.0. The minimum atomic E-state index is 0.589. The van der Waals surface area contributed by atoms with E-state index in [1.807, 2.05) is 60.7 Å². The molecule has 0 saturated carbocycles. The molecule has 11 aromatic rings. The molecule has 2 aromatic heterocycles. The first kappa shape index (κ1) is 32.4. The fourth-order valence-corrected chi connectivity index (χ4v) is 7.81. The van der Waals surface area contributed by atoms with Gasteiger partial charge in [-0.1, -0.05) is 72.8 Å². The minimum Gasteiger partial charge on any atom is -0.436 e. The molecule has 266 valence electrons. The van der Waals surface area contributed by atoms with Crippen molar-refractivity contribution in [2.24, 2.45) is 0 Å². The van der Waals surface area contributed by atoms with E-state index >= 15 is 0 Å². The van der Waals surface area contributed by atoms with E-state index in [-0.39, 0.29) is 0 Å². The van der Waals surface area contributed by atoms with E-state index in [1.54, 1.807) is 0 Å². The summed E-state index contributed by atoms with van der Waals surface area (Å²) >= 11 is 0. The van der Waals surface area contributed by atoms with E-state index in [2.05, 4.69) is 132 Å². The summed E-state index contributed by atoms with van der Waals surface area (Å²) in [6.07, 6.45) is 0. The monoisotopic (exact) mass is 730 g/mol. The third-order valence-corrected chi connectivity index (χ3v) is 10.7. The van der Waals surface area contributed by atoms with E-state index in [1.165, 1.54) is 10.8 Å². The van der Waals surface area contributed by atoms with Crippen LogP contribution in [0.1, 0.15) is 5.56 Å². The van der Waals surface area contributed by atoms with Gasteiger partial charge in [0.05, 0.1) is 11.6 Å². The third-order valence-electron chi connectivity index (χ3n) is 10.7. The van der Waals surface area contributed by atoms with Crippen molar-refractivity contribution in [2.75, 3.05) is 4.90 Å². The maximum atomic E-state index is 9.43. The molecule has 0 fully saturated rings. The van der Waals surface area contributed by atoms with E-state index < -0.39 is 0 Å². The predicted molar refractivity (Wildman–Crippen MR) is 230 cm³/mol. The summed E-state index contributed by atoms with van der Waals surface area (Å²) in [4.78, 5) is 11.7. The van der Waals surface area contributed by atoms with Crippen molar-refractivity contribution in [3.63, 3.8) is 0 Å². The Balaban J connectivity index is 0.972. The van der Waals surface area contributed by atoms with Crippen LogP contribution in [0.25, 0.3) is 88.6 Å². The van der Waals surface area contributed by atoms with E-state index in [9.17, 15) is 5.26 Å². The summed E-state index contributed by atoms with van der Waals surface area (Å²) in [5, 5.41) is 16.3. The molecule has 57 heavy (non-hydrogen) atoms. The summed E-state index contributed by atoms with van der Waals surface area (Å²) < 4.78 is 12.2. The van der Waals surface area contributed by atoms with Crippen molar-refractivity contribution >= 4 is 71.6 Å². The van der Waals surface area contributed by atoms with Crippen molar-refractivity contribution in [3.8, 4) is 40.1 Å². The van der Waals surface area contributed by atoms with Gasteiger partial charge in [-0.15, -0.1) is 0 Å². The molecule has 0 aliphatic heterocycles. The number of benzene rings is 9. The molecule has 9 aromatic carbocycles. The molecule has 2 heterocycles. The lowest BCUT2D eigenvalue weighted by Crippen LogP contribution is -2.09. The lowest BCUT2D eigenvalue weighted by molar-refractivity contribution is 0.619. The molecule has 11 rings (SSSR count). The fourth-order valence-electron chi connectivity index (χ4n) is 7.81. The molecule has 6 heteroatoms. The summed E-state index contributed by atoms with van der Waals surface area (Å²) in [6, 6.07) is 64.6. The number of fused-ring (bicyclic) bond motifs is 6. The third kappa shape index (κ3) is 5.74. The van der Waals surface area contributed by atoms with E-state index in [4.69, 9.17) is 18.8 Å². The largest absolute Gasteiger partial charge is 0.436 e. The lowest BCUT2D eigenvalue weighted by atomic mass is 9.95. The Morgan fingerprint density at radius 3 is 1.54 bits per heavy atom. The van der Waals surface area contributed by atoms with Crippen molar-refractivity contribution in [2.45, 2.75) is 0 Å². The standard InChI is InChI=1S/C51H30N4O2/c52-31-32-9-26-44-40(27-32)15-11-33-10-12-39(30-45(33)44)36-13-14-38-29-43(25-20-37(38)28-36)55(41-21-16-34(17-22-41)50-53-46-5-1-3-7-48(46)56-50)42-23-18-35(19-24-42)51-54-47-6-2-4-8-49(47)57-51/h1-30H. The van der Waals surface area contributed by atoms with Crippen LogP contribution in [0.5, 0.6) is 0 Å². The van der Waals surface area contributed by atoms with Gasteiger partial charge in [-0.2, -0.15) is 5.26 Å². The van der Waals surface area contributed by atoms with Crippen LogP contribution >= 0.6 is 0 Å². The molecule has 0 spiro atoms. The first-order valence-electron chi connectivity index (χ1n) is 18.8. The average Bonchev–Trinajstić information content (AvgIpc) is 3.92. The number of hydrogen-bond acceptors (Lipinski definition) is 6. The first-order chi connectivity index (χ1) is 28.1. The molecule has 6 nitrogen and oxygen atoms in total. The predicted octanol–water partition coefficient (Wildman–Crippen LogP) is 13.8. The number of hydrogen-bond donors (Lipinski definition) is 0. The second-order valence-corrected chi connectivity index (χ2v) is 14.2. The molecule has 0 atom stereocenters.